The van der Waals surface area contributed by atoms with Gasteiger partial charge in [0.25, 0.3) is 0 Å². The predicted molar refractivity (Wildman–Crippen MR) is 62.2 cm³/mol. The third-order valence-electron chi connectivity index (χ3n) is 2.45. The topological polar surface area (TPSA) is 56.8 Å². The molecule has 0 unspecified atom stereocenters. The molecule has 0 atom stereocenters. The van der Waals surface area contributed by atoms with E-state index in [0.29, 0.717) is 11.8 Å². The van der Waals surface area contributed by atoms with Crippen molar-refractivity contribution >= 4 is 11.7 Å². The van der Waals surface area contributed by atoms with Crippen molar-refractivity contribution in [1.82, 2.24) is 0 Å². The number of rotatable bonds is 5. The SMILES string of the molecule is COC(=O)COc1ccc(NC2COC2)cc1. The number of nitrogens with one attached hydrogen (secondary N) is 1. The van der Waals surface area contributed by atoms with Gasteiger partial charge in [-0.2, -0.15) is 0 Å². The zero-order valence-corrected chi connectivity index (χ0v) is 9.64. The Morgan fingerprint density at radius 1 is 1.41 bits per heavy atom. The van der Waals surface area contributed by atoms with Crippen LogP contribution in [-0.2, 0) is 14.3 Å². The lowest BCUT2D eigenvalue weighted by molar-refractivity contribution is -0.142. The summed E-state index contributed by atoms with van der Waals surface area (Å²) in [6.07, 6.45) is 0. The van der Waals surface area contributed by atoms with Crippen molar-refractivity contribution in [1.29, 1.82) is 0 Å². The van der Waals surface area contributed by atoms with E-state index in [2.05, 4.69) is 10.1 Å². The van der Waals surface area contributed by atoms with Gasteiger partial charge in [-0.25, -0.2) is 4.79 Å². The first-order chi connectivity index (χ1) is 8.28. The van der Waals surface area contributed by atoms with Crippen LogP contribution >= 0.6 is 0 Å². The van der Waals surface area contributed by atoms with E-state index in [9.17, 15) is 4.79 Å². The fourth-order valence-electron chi connectivity index (χ4n) is 1.40. The highest BCUT2D eigenvalue weighted by Crippen LogP contribution is 2.17. The average Bonchev–Trinajstić information content (AvgIpc) is 2.32. The average molecular weight is 237 g/mol. The molecule has 1 aliphatic rings. The van der Waals surface area contributed by atoms with Gasteiger partial charge in [0.1, 0.15) is 5.75 Å². The molecular weight excluding hydrogens is 222 g/mol. The van der Waals surface area contributed by atoms with E-state index >= 15 is 0 Å². The van der Waals surface area contributed by atoms with Crippen LogP contribution in [0.2, 0.25) is 0 Å². The molecule has 0 saturated carbocycles. The van der Waals surface area contributed by atoms with Gasteiger partial charge in [0.15, 0.2) is 6.61 Å². The summed E-state index contributed by atoms with van der Waals surface area (Å²) >= 11 is 0. The molecule has 17 heavy (non-hydrogen) atoms. The van der Waals surface area contributed by atoms with Crippen LogP contribution in [-0.4, -0.2) is 38.9 Å². The summed E-state index contributed by atoms with van der Waals surface area (Å²) in [6.45, 7) is 1.43. The second-order valence-electron chi connectivity index (χ2n) is 3.77. The monoisotopic (exact) mass is 237 g/mol. The van der Waals surface area contributed by atoms with Crippen LogP contribution in [0.4, 0.5) is 5.69 Å². The number of carbonyl (C=O) groups is 1. The van der Waals surface area contributed by atoms with Crippen LogP contribution < -0.4 is 10.1 Å². The molecule has 0 radical (unpaired) electrons. The minimum Gasteiger partial charge on any atom is -0.482 e. The van der Waals surface area contributed by atoms with Crippen molar-refractivity contribution in [3.05, 3.63) is 24.3 Å². The summed E-state index contributed by atoms with van der Waals surface area (Å²) in [7, 11) is 1.33. The van der Waals surface area contributed by atoms with Crippen molar-refractivity contribution in [3.63, 3.8) is 0 Å². The summed E-state index contributed by atoms with van der Waals surface area (Å²) in [5.74, 6) is 0.254. The van der Waals surface area contributed by atoms with Gasteiger partial charge in [0, 0.05) is 5.69 Å². The normalized spacial score (nSPS) is 14.9. The Morgan fingerprint density at radius 3 is 2.65 bits per heavy atom. The Balaban J connectivity index is 1.82. The quantitative estimate of drug-likeness (QED) is 0.776. The van der Waals surface area contributed by atoms with Crippen LogP contribution in [0, 0.1) is 0 Å². The molecule has 0 spiro atoms. The van der Waals surface area contributed by atoms with Gasteiger partial charge in [-0.1, -0.05) is 0 Å². The molecule has 5 heteroatoms. The van der Waals surface area contributed by atoms with Crippen molar-refractivity contribution in [2.75, 3.05) is 32.2 Å². The fourth-order valence-corrected chi connectivity index (χ4v) is 1.40. The summed E-state index contributed by atoms with van der Waals surface area (Å²) in [5.41, 5.74) is 1.02. The van der Waals surface area contributed by atoms with Crippen LogP contribution in [0.3, 0.4) is 0 Å². The van der Waals surface area contributed by atoms with Crippen molar-refractivity contribution in [2.24, 2.45) is 0 Å². The van der Waals surface area contributed by atoms with Crippen molar-refractivity contribution in [3.8, 4) is 5.75 Å². The largest absolute Gasteiger partial charge is 0.482 e. The van der Waals surface area contributed by atoms with E-state index in [0.717, 1.165) is 18.9 Å². The first kappa shape index (κ1) is 11.7. The third-order valence-corrected chi connectivity index (χ3v) is 2.45. The molecule has 0 aliphatic carbocycles. The van der Waals surface area contributed by atoms with Crippen LogP contribution in [0.25, 0.3) is 0 Å². The van der Waals surface area contributed by atoms with Crippen molar-refractivity contribution in [2.45, 2.75) is 6.04 Å². The highest BCUT2D eigenvalue weighted by Gasteiger charge is 2.17. The molecule has 0 aromatic heterocycles. The number of ether oxygens (including phenoxy) is 3. The maximum absolute atomic E-state index is 10.9. The molecule has 1 fully saturated rings. The number of hydrogen-bond donors (Lipinski definition) is 1. The fraction of sp³-hybridized carbons (Fsp3) is 0.417. The van der Waals surface area contributed by atoms with Gasteiger partial charge in [-0.3, -0.25) is 0 Å². The molecule has 92 valence electrons. The van der Waals surface area contributed by atoms with Gasteiger partial charge >= 0.3 is 5.97 Å². The van der Waals surface area contributed by atoms with Crippen LogP contribution in [0.15, 0.2) is 24.3 Å². The summed E-state index contributed by atoms with van der Waals surface area (Å²) in [6, 6.07) is 7.84. The standard InChI is InChI=1S/C12H15NO4/c1-15-12(14)8-17-11-4-2-9(3-5-11)13-10-6-16-7-10/h2-5,10,13H,6-8H2,1H3. The first-order valence-corrected chi connectivity index (χ1v) is 5.42. The highest BCUT2D eigenvalue weighted by molar-refractivity contribution is 5.70. The van der Waals surface area contributed by atoms with Crippen LogP contribution in [0.5, 0.6) is 5.75 Å². The molecule has 1 N–H and O–H groups in total. The second-order valence-corrected chi connectivity index (χ2v) is 3.77. The lowest BCUT2D eigenvalue weighted by atomic mass is 10.2. The lowest BCUT2D eigenvalue weighted by Gasteiger charge is -2.27. The van der Waals surface area contributed by atoms with E-state index in [1.54, 1.807) is 0 Å². The number of benzene rings is 1. The number of hydrogen-bond acceptors (Lipinski definition) is 5. The Kier molecular flexibility index (Phi) is 3.82. The van der Waals surface area contributed by atoms with Gasteiger partial charge < -0.3 is 19.5 Å². The second kappa shape index (κ2) is 5.54. The Morgan fingerprint density at radius 2 is 2.12 bits per heavy atom. The summed E-state index contributed by atoms with van der Waals surface area (Å²) in [5, 5.41) is 3.31. The van der Waals surface area contributed by atoms with E-state index in [1.165, 1.54) is 7.11 Å². The zero-order chi connectivity index (χ0) is 12.1. The molecule has 1 heterocycles. The minimum absolute atomic E-state index is 0.0697. The van der Waals surface area contributed by atoms with Crippen LogP contribution in [0.1, 0.15) is 0 Å². The maximum atomic E-state index is 10.9. The molecule has 1 saturated heterocycles. The number of carbonyl (C=O) groups excluding carboxylic acids is 1. The van der Waals surface area contributed by atoms with E-state index in [4.69, 9.17) is 9.47 Å². The van der Waals surface area contributed by atoms with Crippen molar-refractivity contribution < 1.29 is 19.0 Å². The van der Waals surface area contributed by atoms with E-state index in [-0.39, 0.29) is 12.6 Å². The van der Waals surface area contributed by atoms with E-state index in [1.807, 2.05) is 24.3 Å². The molecule has 5 nitrogen and oxygen atoms in total. The molecule has 0 amide bonds. The Hall–Kier alpha value is -1.75. The molecule has 1 aromatic carbocycles. The van der Waals surface area contributed by atoms with E-state index < -0.39 is 0 Å². The maximum Gasteiger partial charge on any atom is 0.343 e. The van der Waals surface area contributed by atoms with Gasteiger partial charge in [-0.05, 0) is 24.3 Å². The smallest absolute Gasteiger partial charge is 0.343 e. The number of anilines is 1. The van der Waals surface area contributed by atoms with Gasteiger partial charge in [-0.15, -0.1) is 0 Å². The zero-order valence-electron chi connectivity index (χ0n) is 9.64. The minimum atomic E-state index is -0.390. The Bertz CT molecular complexity index is 373. The first-order valence-electron chi connectivity index (χ1n) is 5.42. The van der Waals surface area contributed by atoms with Gasteiger partial charge in [0.05, 0.1) is 26.4 Å². The number of esters is 1. The number of methoxy groups -OCH3 is 1. The third kappa shape index (κ3) is 3.35. The molecule has 0 bridgehead atoms. The lowest BCUT2D eigenvalue weighted by Crippen LogP contribution is -2.40. The molecular formula is C12H15NO4. The molecule has 1 aliphatic heterocycles. The molecule has 2 rings (SSSR count). The molecule has 1 aromatic rings. The van der Waals surface area contributed by atoms with Gasteiger partial charge in [0.2, 0.25) is 0 Å². The Labute approximate surface area is 99.7 Å². The summed E-state index contributed by atoms with van der Waals surface area (Å²) in [4.78, 5) is 10.9. The summed E-state index contributed by atoms with van der Waals surface area (Å²) < 4.78 is 14.8. The highest BCUT2D eigenvalue weighted by atomic mass is 16.6. The predicted octanol–water partition coefficient (Wildman–Crippen LogP) is 1.05.